The second-order valence-corrected chi connectivity index (χ2v) is 8.72. The summed E-state index contributed by atoms with van der Waals surface area (Å²) in [7, 11) is 3.16. The molecule has 1 atom stereocenters. The molecule has 0 bridgehead atoms. The van der Waals surface area contributed by atoms with Gasteiger partial charge in [-0.1, -0.05) is 42.1 Å². The molecule has 0 radical (unpaired) electrons. The van der Waals surface area contributed by atoms with E-state index in [4.69, 9.17) is 9.47 Å². The molecule has 4 rings (SSSR count). The monoisotopic (exact) mass is 488 g/mol. The van der Waals surface area contributed by atoms with Crippen molar-refractivity contribution in [3.63, 3.8) is 0 Å². The number of aromatic nitrogens is 1. The van der Waals surface area contributed by atoms with E-state index >= 15 is 0 Å². The van der Waals surface area contributed by atoms with Crippen LogP contribution in [-0.4, -0.2) is 42.3 Å². The summed E-state index contributed by atoms with van der Waals surface area (Å²) in [6, 6.07) is 15.5. The molecule has 178 valence electrons. The van der Waals surface area contributed by atoms with Crippen molar-refractivity contribution in [1.82, 2.24) is 9.88 Å². The van der Waals surface area contributed by atoms with Gasteiger partial charge in [-0.15, -0.1) is 0 Å². The Hall–Kier alpha value is -3.20. The van der Waals surface area contributed by atoms with Gasteiger partial charge in [-0.05, 0) is 47.4 Å². The number of ether oxygens (including phenoxy) is 2. The molecule has 0 N–H and O–H groups in total. The normalized spacial score (nSPS) is 15.6. The number of halogens is 3. The molecule has 0 unspecified atom stereocenters. The van der Waals surface area contributed by atoms with Crippen molar-refractivity contribution in [2.45, 2.75) is 23.7 Å². The highest BCUT2D eigenvalue weighted by molar-refractivity contribution is 7.99. The average molecular weight is 489 g/mol. The van der Waals surface area contributed by atoms with Gasteiger partial charge in [-0.2, -0.15) is 13.2 Å². The van der Waals surface area contributed by atoms with E-state index in [1.807, 2.05) is 42.5 Å². The molecule has 1 amide bonds. The molecule has 0 spiro atoms. The molecule has 5 nitrogen and oxygen atoms in total. The maximum atomic E-state index is 13.3. The number of thioether (sulfide) groups is 1. The number of alkyl halides is 3. The number of amides is 1. The lowest BCUT2D eigenvalue weighted by Crippen LogP contribution is -2.41. The molecule has 1 aliphatic rings. The van der Waals surface area contributed by atoms with E-state index in [-0.39, 0.29) is 17.7 Å². The standard InChI is InChI=1S/C25H23F3N2O3S/c1-32-20-12-17-10-11-30(23(31)15-34-22-9-8-18(14-29-22)25(26,27)28)24(16-6-4-3-5-7-16)19(17)13-21(20)33-2/h3-9,12-14,24H,10-11,15H2,1-2H3/t24-/m1/s1. The van der Waals surface area contributed by atoms with E-state index in [2.05, 4.69) is 4.98 Å². The van der Waals surface area contributed by atoms with Crippen molar-refractivity contribution in [3.05, 3.63) is 83.0 Å². The number of methoxy groups -OCH3 is 2. The van der Waals surface area contributed by atoms with Crippen molar-refractivity contribution < 1.29 is 27.4 Å². The van der Waals surface area contributed by atoms with Crippen molar-refractivity contribution >= 4 is 17.7 Å². The van der Waals surface area contributed by atoms with Crippen LogP contribution in [0.3, 0.4) is 0 Å². The Labute approximate surface area is 199 Å². The van der Waals surface area contributed by atoms with Gasteiger partial charge in [0.25, 0.3) is 0 Å². The summed E-state index contributed by atoms with van der Waals surface area (Å²) in [6.45, 7) is 0.502. The van der Waals surface area contributed by atoms with Crippen molar-refractivity contribution in [3.8, 4) is 11.5 Å². The SMILES string of the molecule is COc1cc2c(cc1OC)[C@@H](c1ccccc1)N(C(=O)CSc1ccc(C(F)(F)F)cn1)CC2. The van der Waals surface area contributed by atoms with E-state index in [0.717, 1.165) is 40.7 Å². The maximum absolute atomic E-state index is 13.3. The second-order valence-electron chi connectivity index (χ2n) is 7.73. The molecule has 0 saturated heterocycles. The first-order valence-electron chi connectivity index (χ1n) is 10.6. The molecule has 1 aromatic heterocycles. The van der Waals surface area contributed by atoms with Crippen LogP contribution in [0.25, 0.3) is 0 Å². The summed E-state index contributed by atoms with van der Waals surface area (Å²) in [5.74, 6) is 1.15. The summed E-state index contributed by atoms with van der Waals surface area (Å²) in [4.78, 5) is 19.0. The third-order valence-corrected chi connectivity index (χ3v) is 6.65. The molecule has 0 aliphatic carbocycles. The molecule has 9 heteroatoms. The summed E-state index contributed by atoms with van der Waals surface area (Å²) in [5.41, 5.74) is 2.18. The fraction of sp³-hybridized carbons (Fsp3) is 0.280. The number of benzene rings is 2. The predicted octanol–water partition coefficient (Wildman–Crippen LogP) is 5.38. The number of rotatable bonds is 6. The van der Waals surface area contributed by atoms with Crippen LogP contribution >= 0.6 is 11.8 Å². The predicted molar refractivity (Wildman–Crippen MR) is 123 cm³/mol. The lowest BCUT2D eigenvalue weighted by atomic mass is 9.87. The zero-order valence-electron chi connectivity index (χ0n) is 18.6. The van der Waals surface area contributed by atoms with Gasteiger partial charge in [0.1, 0.15) is 0 Å². The van der Waals surface area contributed by atoms with Crippen LogP contribution in [0.2, 0.25) is 0 Å². The highest BCUT2D eigenvalue weighted by atomic mass is 32.2. The minimum atomic E-state index is -4.44. The highest BCUT2D eigenvalue weighted by Gasteiger charge is 2.34. The fourth-order valence-electron chi connectivity index (χ4n) is 4.06. The molecular weight excluding hydrogens is 465 g/mol. The van der Waals surface area contributed by atoms with Crippen LogP contribution in [-0.2, 0) is 17.4 Å². The van der Waals surface area contributed by atoms with E-state index in [9.17, 15) is 18.0 Å². The smallest absolute Gasteiger partial charge is 0.417 e. The third kappa shape index (κ3) is 4.99. The van der Waals surface area contributed by atoms with Crippen molar-refractivity contribution in [1.29, 1.82) is 0 Å². The molecule has 1 aliphatic heterocycles. The Kier molecular flexibility index (Phi) is 7.02. The highest BCUT2D eigenvalue weighted by Crippen LogP contribution is 2.41. The van der Waals surface area contributed by atoms with E-state index in [1.54, 1.807) is 19.1 Å². The topological polar surface area (TPSA) is 51.7 Å². The zero-order valence-corrected chi connectivity index (χ0v) is 19.4. The van der Waals surface area contributed by atoms with Gasteiger partial charge in [-0.25, -0.2) is 4.98 Å². The van der Waals surface area contributed by atoms with Gasteiger partial charge in [0.05, 0.1) is 36.6 Å². The fourth-order valence-corrected chi connectivity index (χ4v) is 4.79. The van der Waals surface area contributed by atoms with Crippen molar-refractivity contribution in [2.24, 2.45) is 0 Å². The van der Waals surface area contributed by atoms with E-state index < -0.39 is 11.7 Å². The first kappa shape index (κ1) is 23.9. The van der Waals surface area contributed by atoms with E-state index in [0.29, 0.717) is 29.5 Å². The number of fused-ring (bicyclic) bond motifs is 1. The van der Waals surface area contributed by atoms with Crippen LogP contribution in [0.4, 0.5) is 13.2 Å². The Bertz CT molecular complexity index is 1150. The van der Waals surface area contributed by atoms with Gasteiger partial charge in [0.15, 0.2) is 11.5 Å². The molecule has 2 heterocycles. The molecule has 0 fully saturated rings. The quantitative estimate of drug-likeness (QED) is 0.436. The minimum Gasteiger partial charge on any atom is -0.493 e. The van der Waals surface area contributed by atoms with Crippen LogP contribution in [0.1, 0.15) is 28.3 Å². The minimum absolute atomic E-state index is 0.0598. The average Bonchev–Trinajstić information content (AvgIpc) is 2.85. The van der Waals surface area contributed by atoms with Crippen molar-refractivity contribution in [2.75, 3.05) is 26.5 Å². The molecular formula is C25H23F3N2O3S. The summed E-state index contributed by atoms with van der Waals surface area (Å²) in [5, 5.41) is 0.362. The number of hydrogen-bond donors (Lipinski definition) is 0. The Morgan fingerprint density at radius 3 is 2.41 bits per heavy atom. The maximum Gasteiger partial charge on any atom is 0.417 e. The first-order valence-corrected chi connectivity index (χ1v) is 11.6. The molecule has 0 saturated carbocycles. The van der Waals surface area contributed by atoms with Gasteiger partial charge in [0.2, 0.25) is 5.91 Å². The van der Waals surface area contributed by atoms with Crippen LogP contribution in [0.5, 0.6) is 11.5 Å². The number of nitrogens with zero attached hydrogens (tertiary/aromatic N) is 2. The van der Waals surface area contributed by atoms with E-state index in [1.165, 1.54) is 6.07 Å². The first-order chi connectivity index (χ1) is 16.3. The number of hydrogen-bond acceptors (Lipinski definition) is 5. The number of carbonyl (C=O) groups excluding carboxylic acids is 1. The van der Waals surface area contributed by atoms with Gasteiger partial charge >= 0.3 is 6.18 Å². The zero-order chi connectivity index (χ0) is 24.3. The summed E-state index contributed by atoms with van der Waals surface area (Å²) >= 11 is 1.12. The Morgan fingerprint density at radius 2 is 1.79 bits per heavy atom. The number of pyridine rings is 1. The van der Waals surface area contributed by atoms with Crippen LogP contribution in [0, 0.1) is 0 Å². The molecule has 34 heavy (non-hydrogen) atoms. The van der Waals surface area contributed by atoms with Gasteiger partial charge < -0.3 is 14.4 Å². The van der Waals surface area contributed by atoms with Crippen LogP contribution in [0.15, 0.2) is 65.8 Å². The Balaban J connectivity index is 1.60. The lowest BCUT2D eigenvalue weighted by molar-refractivity contribution is -0.138. The third-order valence-electron chi connectivity index (χ3n) is 5.72. The summed E-state index contributed by atoms with van der Waals surface area (Å²) < 4.78 is 49.3. The van der Waals surface area contributed by atoms with Crippen LogP contribution < -0.4 is 9.47 Å². The largest absolute Gasteiger partial charge is 0.493 e. The molecule has 3 aromatic rings. The number of carbonyl (C=O) groups is 1. The van der Waals surface area contributed by atoms with Gasteiger partial charge in [0, 0.05) is 12.7 Å². The lowest BCUT2D eigenvalue weighted by Gasteiger charge is -2.38. The molecule has 2 aromatic carbocycles. The second kappa shape index (κ2) is 9.97. The Morgan fingerprint density at radius 1 is 1.09 bits per heavy atom. The summed E-state index contributed by atoms with van der Waals surface area (Å²) in [6.07, 6.45) is -3.01. The van der Waals surface area contributed by atoms with Gasteiger partial charge in [-0.3, -0.25) is 4.79 Å².